The average molecular weight is 560 g/mol. The summed E-state index contributed by atoms with van der Waals surface area (Å²) in [5.41, 5.74) is 2.77. The number of amides is 2. The first kappa shape index (κ1) is 23.6. The van der Waals surface area contributed by atoms with Crippen molar-refractivity contribution in [1.82, 2.24) is 0 Å². The van der Waals surface area contributed by atoms with Crippen LogP contribution in [0.25, 0.3) is 0 Å². The van der Waals surface area contributed by atoms with Crippen LogP contribution in [0, 0.1) is 17.8 Å². The van der Waals surface area contributed by atoms with E-state index in [1.54, 1.807) is 36.4 Å². The van der Waals surface area contributed by atoms with Gasteiger partial charge >= 0.3 is 0 Å². The van der Waals surface area contributed by atoms with Crippen LogP contribution in [0.15, 0.2) is 81.9 Å². The van der Waals surface area contributed by atoms with Gasteiger partial charge in [-0.05, 0) is 64.5 Å². The average Bonchev–Trinajstić information content (AvgIpc) is 3.16. The van der Waals surface area contributed by atoms with Gasteiger partial charge in [0.25, 0.3) is 0 Å². The fourth-order valence-corrected chi connectivity index (χ4v) is 6.74. The zero-order valence-corrected chi connectivity index (χ0v) is 21.4. The van der Waals surface area contributed by atoms with Gasteiger partial charge < -0.3 is 9.84 Å². The van der Waals surface area contributed by atoms with Gasteiger partial charge in [0.2, 0.25) is 11.8 Å². The normalized spacial score (nSPS) is 26.9. The predicted octanol–water partition coefficient (Wildman–Crippen LogP) is 4.37. The molecule has 1 N–H and O–H groups in total. The number of ketones is 2. The first-order chi connectivity index (χ1) is 17.8. The number of hydrogen-bond donors (Lipinski definition) is 1. The van der Waals surface area contributed by atoms with E-state index in [-0.39, 0.29) is 45.8 Å². The number of phenolic OH excluding ortho intramolecular Hbond substituents is 1. The van der Waals surface area contributed by atoms with E-state index < -0.39 is 23.7 Å². The molecule has 7 nitrogen and oxygen atoms in total. The molecule has 1 saturated heterocycles. The maximum atomic E-state index is 13.8. The number of fused-ring (bicyclic) bond motifs is 3. The Hall–Kier alpha value is -3.78. The van der Waals surface area contributed by atoms with Crippen LogP contribution in [0.2, 0.25) is 0 Å². The molecule has 0 bridgehead atoms. The second-order valence-corrected chi connectivity index (χ2v) is 10.5. The minimum Gasteiger partial charge on any atom is -0.504 e. The van der Waals surface area contributed by atoms with E-state index in [4.69, 9.17) is 4.74 Å². The molecule has 0 radical (unpaired) electrons. The summed E-state index contributed by atoms with van der Waals surface area (Å²) in [5.74, 6) is -3.11. The van der Waals surface area contributed by atoms with E-state index in [9.17, 15) is 24.3 Å². The summed E-state index contributed by atoms with van der Waals surface area (Å²) in [4.78, 5) is 55.1. The molecule has 4 unspecified atom stereocenters. The van der Waals surface area contributed by atoms with Crippen LogP contribution in [-0.2, 0) is 19.2 Å². The Labute approximate surface area is 221 Å². The number of allylic oxidation sites excluding steroid dienone is 6. The predicted molar refractivity (Wildman–Crippen MR) is 138 cm³/mol. The monoisotopic (exact) mass is 559 g/mol. The number of halogens is 1. The molecule has 37 heavy (non-hydrogen) atoms. The summed E-state index contributed by atoms with van der Waals surface area (Å²) in [6, 6.07) is 13.7. The third-order valence-electron chi connectivity index (χ3n) is 7.88. The first-order valence-corrected chi connectivity index (χ1v) is 12.8. The molecule has 4 aliphatic rings. The molecule has 4 atom stereocenters. The molecule has 1 aliphatic heterocycles. The number of aromatic hydroxyl groups is 1. The number of methoxy groups -OCH3 is 1. The highest BCUT2D eigenvalue weighted by Crippen LogP contribution is 2.56. The van der Waals surface area contributed by atoms with Crippen LogP contribution < -0.4 is 9.64 Å². The lowest BCUT2D eigenvalue weighted by atomic mass is 9.59. The molecular formula is C29H22BrNO6. The lowest BCUT2D eigenvalue weighted by Gasteiger charge is -2.42. The van der Waals surface area contributed by atoms with E-state index in [0.29, 0.717) is 28.8 Å². The highest BCUT2D eigenvalue weighted by atomic mass is 79.9. The quantitative estimate of drug-likeness (QED) is 0.340. The van der Waals surface area contributed by atoms with Crippen molar-refractivity contribution in [2.75, 3.05) is 12.0 Å². The van der Waals surface area contributed by atoms with Crippen molar-refractivity contribution >= 4 is 45.0 Å². The van der Waals surface area contributed by atoms with Gasteiger partial charge in [-0.25, -0.2) is 0 Å². The van der Waals surface area contributed by atoms with E-state index >= 15 is 0 Å². The number of anilines is 1. The summed E-state index contributed by atoms with van der Waals surface area (Å²) in [7, 11) is 1.44. The third-order valence-corrected chi connectivity index (χ3v) is 8.47. The number of carbonyl (C=O) groups excluding carboxylic acids is 4. The van der Waals surface area contributed by atoms with E-state index in [1.165, 1.54) is 24.2 Å². The van der Waals surface area contributed by atoms with Crippen molar-refractivity contribution in [2.45, 2.75) is 18.8 Å². The van der Waals surface area contributed by atoms with Crippen LogP contribution in [0.5, 0.6) is 11.5 Å². The van der Waals surface area contributed by atoms with Crippen LogP contribution in [0.3, 0.4) is 0 Å². The second kappa shape index (κ2) is 8.66. The largest absolute Gasteiger partial charge is 0.504 e. The van der Waals surface area contributed by atoms with E-state index in [1.807, 2.05) is 12.1 Å². The van der Waals surface area contributed by atoms with Gasteiger partial charge in [-0.1, -0.05) is 35.9 Å². The van der Waals surface area contributed by atoms with Gasteiger partial charge in [0.15, 0.2) is 23.1 Å². The highest BCUT2D eigenvalue weighted by Gasteiger charge is 2.56. The van der Waals surface area contributed by atoms with Crippen molar-refractivity contribution in [3.8, 4) is 11.5 Å². The van der Waals surface area contributed by atoms with Crippen molar-refractivity contribution in [1.29, 1.82) is 0 Å². The fourth-order valence-electron chi connectivity index (χ4n) is 6.29. The maximum absolute atomic E-state index is 13.8. The number of para-hydroxylation sites is 1. The standard InChI is InChI=1S/C29H22BrNO6/c1-37-23-11-14(7-10-21(23)32)24-16-8-9-17-25(29(36)31(28(17)35)15-5-3-2-4-6-15)18(16)12-19-26(24)22(33)13-20(30)27(19)34/h2-8,10-11,13,17-18,24-25,32H,9,12H2,1H3. The van der Waals surface area contributed by atoms with Crippen LogP contribution >= 0.6 is 15.9 Å². The topological polar surface area (TPSA) is 101 Å². The molecule has 6 rings (SSSR count). The summed E-state index contributed by atoms with van der Waals surface area (Å²) in [5, 5.41) is 10.2. The molecular weight excluding hydrogens is 538 g/mol. The Balaban J connectivity index is 1.50. The molecule has 1 fully saturated rings. The lowest BCUT2D eigenvalue weighted by molar-refractivity contribution is -0.123. The van der Waals surface area contributed by atoms with Crippen LogP contribution in [0.1, 0.15) is 24.3 Å². The minimum absolute atomic E-state index is 0.0470. The van der Waals surface area contributed by atoms with Crippen molar-refractivity contribution in [2.24, 2.45) is 17.8 Å². The number of nitrogens with zero attached hydrogens (tertiary/aromatic N) is 1. The zero-order valence-electron chi connectivity index (χ0n) is 19.8. The molecule has 0 spiro atoms. The Morgan fingerprint density at radius 1 is 1.00 bits per heavy atom. The molecule has 2 aromatic rings. The van der Waals surface area contributed by atoms with Crippen LogP contribution in [0.4, 0.5) is 5.69 Å². The van der Waals surface area contributed by atoms with Gasteiger partial charge in [0.05, 0.1) is 29.1 Å². The number of benzene rings is 2. The van der Waals surface area contributed by atoms with Crippen LogP contribution in [-0.4, -0.2) is 35.6 Å². The number of rotatable bonds is 3. The Bertz CT molecular complexity index is 1490. The molecule has 0 aromatic heterocycles. The maximum Gasteiger partial charge on any atom is 0.238 e. The fraction of sp³-hybridized carbons (Fsp3) is 0.241. The molecule has 8 heteroatoms. The van der Waals surface area contributed by atoms with E-state index in [2.05, 4.69) is 15.9 Å². The summed E-state index contributed by atoms with van der Waals surface area (Å²) >= 11 is 3.23. The second-order valence-electron chi connectivity index (χ2n) is 9.67. The van der Waals surface area contributed by atoms with Crippen molar-refractivity contribution in [3.63, 3.8) is 0 Å². The molecule has 2 aromatic carbocycles. The number of Topliss-reactive ketones (excluding diaryl/α,β-unsaturated/α-hetero) is 1. The summed E-state index contributed by atoms with van der Waals surface area (Å²) in [6.07, 6.45) is 3.81. The first-order valence-electron chi connectivity index (χ1n) is 12.0. The van der Waals surface area contributed by atoms with Gasteiger partial charge in [0.1, 0.15) is 0 Å². The number of phenols is 1. The van der Waals surface area contributed by atoms with Gasteiger partial charge in [0, 0.05) is 23.1 Å². The number of carbonyl (C=O) groups is 4. The summed E-state index contributed by atoms with van der Waals surface area (Å²) in [6.45, 7) is 0. The van der Waals surface area contributed by atoms with Crippen molar-refractivity contribution < 1.29 is 29.0 Å². The minimum atomic E-state index is -0.643. The lowest BCUT2D eigenvalue weighted by Crippen LogP contribution is -2.39. The van der Waals surface area contributed by atoms with Crippen molar-refractivity contribution in [3.05, 3.63) is 87.4 Å². The van der Waals surface area contributed by atoms with E-state index in [0.717, 1.165) is 5.57 Å². The SMILES string of the molecule is COc1cc(C2C3=CCC4C(=O)N(c5ccccc5)C(=O)C4C3CC3=C2C(=O)C=C(Br)C3=O)ccc1O. The molecule has 0 saturated carbocycles. The van der Waals surface area contributed by atoms with Gasteiger partial charge in [-0.3, -0.25) is 24.1 Å². The number of hydrogen-bond acceptors (Lipinski definition) is 6. The third kappa shape index (κ3) is 3.46. The van der Waals surface area contributed by atoms with Gasteiger partial charge in [-0.15, -0.1) is 0 Å². The Kier molecular flexibility index (Phi) is 5.53. The Morgan fingerprint density at radius 3 is 2.49 bits per heavy atom. The smallest absolute Gasteiger partial charge is 0.238 e. The Morgan fingerprint density at radius 2 is 1.76 bits per heavy atom. The zero-order chi connectivity index (χ0) is 26.0. The number of imide groups is 1. The molecule has 3 aliphatic carbocycles. The molecule has 186 valence electrons. The van der Waals surface area contributed by atoms with Gasteiger partial charge in [-0.2, -0.15) is 0 Å². The molecule has 1 heterocycles. The number of ether oxygens (including phenoxy) is 1. The highest BCUT2D eigenvalue weighted by molar-refractivity contribution is 9.12. The summed E-state index contributed by atoms with van der Waals surface area (Å²) < 4.78 is 5.49. The molecule has 2 amide bonds.